The van der Waals surface area contributed by atoms with Crippen LogP contribution in [0.4, 0.5) is 27.9 Å². The van der Waals surface area contributed by atoms with Crippen molar-refractivity contribution in [3.8, 4) is 5.75 Å². The quantitative estimate of drug-likeness (QED) is 0.496. The molecule has 32 heavy (non-hydrogen) atoms. The van der Waals surface area contributed by atoms with Crippen LogP contribution in [0.5, 0.6) is 5.75 Å². The largest absolute Gasteiger partial charge is 0.497 e. The van der Waals surface area contributed by atoms with E-state index in [1.807, 2.05) is 38.1 Å². The van der Waals surface area contributed by atoms with Crippen molar-refractivity contribution in [3.63, 3.8) is 0 Å². The van der Waals surface area contributed by atoms with Gasteiger partial charge in [0, 0.05) is 18.0 Å². The first-order valence-electron chi connectivity index (χ1n) is 10.3. The summed E-state index contributed by atoms with van der Waals surface area (Å²) < 4.78 is 5.24. The minimum atomic E-state index is -0.975. The Bertz CT molecular complexity index is 1060. The molecule has 1 atom stereocenters. The van der Waals surface area contributed by atoms with Crippen LogP contribution in [0, 0.1) is 6.92 Å². The van der Waals surface area contributed by atoms with E-state index in [4.69, 9.17) is 4.74 Å². The van der Waals surface area contributed by atoms with Crippen molar-refractivity contribution in [2.75, 3.05) is 22.6 Å². The van der Waals surface area contributed by atoms with E-state index in [1.54, 1.807) is 57.5 Å². The zero-order valence-corrected chi connectivity index (χ0v) is 19.0. The lowest BCUT2D eigenvalue weighted by Gasteiger charge is -2.27. The van der Waals surface area contributed by atoms with Gasteiger partial charge in [-0.25, -0.2) is 14.7 Å². The third-order valence-corrected chi connectivity index (χ3v) is 5.08. The molecule has 8 heteroatoms. The number of aromatic nitrogens is 2. The van der Waals surface area contributed by atoms with Crippen molar-refractivity contribution >= 4 is 29.2 Å². The number of carbonyl (C=O) groups excluding carboxylic acids is 1. The zero-order valence-electron chi connectivity index (χ0n) is 19.0. The number of hydrogen-bond donors (Lipinski definition) is 3. The van der Waals surface area contributed by atoms with E-state index in [1.165, 1.54) is 4.90 Å². The smallest absolute Gasteiger partial charge is 0.332 e. The first-order chi connectivity index (χ1) is 15.2. The number of amides is 2. The molecule has 1 unspecified atom stereocenters. The van der Waals surface area contributed by atoms with Gasteiger partial charge in [0.15, 0.2) is 0 Å². The number of urea groups is 1. The molecule has 8 nitrogen and oxygen atoms in total. The number of methoxy groups -OCH3 is 1. The van der Waals surface area contributed by atoms with Crippen LogP contribution in [0.1, 0.15) is 26.3 Å². The fourth-order valence-electron chi connectivity index (χ4n) is 2.90. The predicted molar refractivity (Wildman–Crippen MR) is 127 cm³/mol. The summed E-state index contributed by atoms with van der Waals surface area (Å²) in [6, 6.07) is 15.6. The summed E-state index contributed by atoms with van der Waals surface area (Å²) in [5, 5.41) is 16.2. The highest BCUT2D eigenvalue weighted by Gasteiger charge is 2.24. The first kappa shape index (κ1) is 23.0. The molecule has 3 N–H and O–H groups in total. The fraction of sp³-hybridized carbons (Fsp3) is 0.292. The Hall–Kier alpha value is -3.65. The average molecular weight is 436 g/mol. The van der Waals surface area contributed by atoms with Crippen molar-refractivity contribution in [1.82, 2.24) is 9.97 Å². The topological polar surface area (TPSA) is 99.6 Å². The Balaban J connectivity index is 1.96. The van der Waals surface area contributed by atoms with Crippen LogP contribution in [0.3, 0.4) is 0 Å². The Labute approximate surface area is 188 Å². The standard InChI is InChI=1S/C24H29N5O3/c1-16-7-6-8-18(15-16)27-23(30)29(19-9-11-20(32-5)12-10-19)21-13-14-25-22(28-21)26-17(2)24(3,4)31/h6-15,17,31H,1-5H3,(H,27,30)(H,25,26,28). The molecule has 0 saturated heterocycles. The van der Waals surface area contributed by atoms with Gasteiger partial charge in [0.1, 0.15) is 11.6 Å². The van der Waals surface area contributed by atoms with Crippen molar-refractivity contribution < 1.29 is 14.6 Å². The minimum absolute atomic E-state index is 0.305. The maximum absolute atomic E-state index is 13.3. The van der Waals surface area contributed by atoms with E-state index < -0.39 is 5.60 Å². The van der Waals surface area contributed by atoms with Crippen LogP contribution in [0.25, 0.3) is 0 Å². The molecule has 0 bridgehead atoms. The SMILES string of the molecule is COc1ccc(N(C(=O)Nc2cccc(C)c2)c2ccnc(NC(C)C(C)(C)O)n2)cc1. The number of ether oxygens (including phenoxy) is 1. The summed E-state index contributed by atoms with van der Waals surface area (Å²) in [6.07, 6.45) is 1.57. The molecule has 0 fully saturated rings. The molecule has 0 spiro atoms. The monoisotopic (exact) mass is 435 g/mol. The van der Waals surface area contributed by atoms with Crippen LogP contribution in [0.2, 0.25) is 0 Å². The van der Waals surface area contributed by atoms with Crippen LogP contribution < -0.4 is 20.3 Å². The molecule has 2 amide bonds. The maximum Gasteiger partial charge on any atom is 0.332 e. The highest BCUT2D eigenvalue weighted by atomic mass is 16.5. The van der Waals surface area contributed by atoms with Crippen molar-refractivity contribution in [3.05, 3.63) is 66.4 Å². The summed E-state index contributed by atoms with van der Waals surface area (Å²) in [5.41, 5.74) is 1.35. The second kappa shape index (κ2) is 9.65. The Morgan fingerprint density at radius 3 is 2.50 bits per heavy atom. The minimum Gasteiger partial charge on any atom is -0.497 e. The fourth-order valence-corrected chi connectivity index (χ4v) is 2.90. The van der Waals surface area contributed by atoms with Crippen molar-refractivity contribution in [2.24, 2.45) is 0 Å². The van der Waals surface area contributed by atoms with Gasteiger partial charge in [0.2, 0.25) is 5.95 Å². The number of rotatable bonds is 7. The molecule has 0 aliphatic heterocycles. The van der Waals surface area contributed by atoms with Gasteiger partial charge in [0.05, 0.1) is 24.4 Å². The van der Waals surface area contributed by atoms with E-state index in [9.17, 15) is 9.90 Å². The number of nitrogens with one attached hydrogen (secondary N) is 2. The van der Waals surface area contributed by atoms with E-state index in [-0.39, 0.29) is 12.1 Å². The Morgan fingerprint density at radius 2 is 1.88 bits per heavy atom. The molecule has 0 saturated carbocycles. The van der Waals surface area contributed by atoms with Crippen molar-refractivity contribution in [2.45, 2.75) is 39.3 Å². The summed E-state index contributed by atoms with van der Waals surface area (Å²) in [6.45, 7) is 7.20. The van der Waals surface area contributed by atoms with E-state index in [0.29, 0.717) is 28.9 Å². The molecule has 0 radical (unpaired) electrons. The number of benzene rings is 2. The average Bonchev–Trinajstić information content (AvgIpc) is 2.74. The molecule has 3 aromatic rings. The number of aliphatic hydroxyl groups is 1. The van der Waals surface area contributed by atoms with Crippen LogP contribution >= 0.6 is 0 Å². The molecule has 3 rings (SSSR count). The maximum atomic E-state index is 13.3. The Kier molecular flexibility index (Phi) is 6.95. The molecular formula is C24H29N5O3. The second-order valence-electron chi connectivity index (χ2n) is 8.09. The molecular weight excluding hydrogens is 406 g/mol. The number of hydrogen-bond acceptors (Lipinski definition) is 6. The van der Waals surface area contributed by atoms with E-state index in [0.717, 1.165) is 5.56 Å². The van der Waals surface area contributed by atoms with Crippen LogP contribution in [-0.2, 0) is 0 Å². The summed E-state index contributed by atoms with van der Waals surface area (Å²) in [5.74, 6) is 1.36. The lowest BCUT2D eigenvalue weighted by atomic mass is 10.0. The van der Waals surface area contributed by atoms with Crippen molar-refractivity contribution in [1.29, 1.82) is 0 Å². The lowest BCUT2D eigenvalue weighted by molar-refractivity contribution is 0.0646. The van der Waals surface area contributed by atoms with E-state index >= 15 is 0 Å². The van der Waals surface area contributed by atoms with Crippen LogP contribution in [-0.4, -0.2) is 39.9 Å². The van der Waals surface area contributed by atoms with Gasteiger partial charge in [-0.1, -0.05) is 12.1 Å². The molecule has 0 aliphatic carbocycles. The van der Waals surface area contributed by atoms with Gasteiger partial charge in [-0.3, -0.25) is 0 Å². The summed E-state index contributed by atoms with van der Waals surface area (Å²) >= 11 is 0. The second-order valence-corrected chi connectivity index (χ2v) is 8.09. The number of carbonyl (C=O) groups is 1. The Morgan fingerprint density at radius 1 is 1.16 bits per heavy atom. The summed E-state index contributed by atoms with van der Waals surface area (Å²) in [4.78, 5) is 23.6. The highest BCUT2D eigenvalue weighted by molar-refractivity contribution is 6.06. The number of nitrogens with zero attached hydrogens (tertiary/aromatic N) is 3. The van der Waals surface area contributed by atoms with Gasteiger partial charge in [-0.05, 0) is 69.7 Å². The zero-order chi connectivity index (χ0) is 23.3. The van der Waals surface area contributed by atoms with Gasteiger partial charge in [-0.2, -0.15) is 4.98 Å². The van der Waals surface area contributed by atoms with E-state index in [2.05, 4.69) is 20.6 Å². The predicted octanol–water partition coefficient (Wildman–Crippen LogP) is 4.74. The third-order valence-electron chi connectivity index (χ3n) is 5.08. The number of anilines is 4. The molecule has 1 aromatic heterocycles. The van der Waals surface area contributed by atoms with Gasteiger partial charge in [-0.15, -0.1) is 0 Å². The first-order valence-corrected chi connectivity index (χ1v) is 10.3. The normalized spacial score (nSPS) is 12.1. The third kappa shape index (κ3) is 5.73. The highest BCUT2D eigenvalue weighted by Crippen LogP contribution is 2.28. The summed E-state index contributed by atoms with van der Waals surface area (Å²) in [7, 11) is 1.59. The van der Waals surface area contributed by atoms with Gasteiger partial charge >= 0.3 is 6.03 Å². The molecule has 2 aromatic carbocycles. The molecule has 0 aliphatic rings. The molecule has 1 heterocycles. The molecule has 168 valence electrons. The van der Waals surface area contributed by atoms with Crippen LogP contribution in [0.15, 0.2) is 60.8 Å². The van der Waals surface area contributed by atoms with Gasteiger partial charge in [0.25, 0.3) is 0 Å². The lowest BCUT2D eigenvalue weighted by Crippen LogP contribution is -2.40. The van der Waals surface area contributed by atoms with Gasteiger partial charge < -0.3 is 20.5 Å². The number of aryl methyl sites for hydroxylation is 1.